The third-order valence-electron chi connectivity index (χ3n) is 3.07. The van der Waals surface area contributed by atoms with Crippen molar-refractivity contribution in [3.8, 4) is 11.3 Å². The molecule has 2 aromatic rings. The number of nitrogens with zero attached hydrogens (tertiary/aromatic N) is 2. The van der Waals surface area contributed by atoms with Crippen LogP contribution in [0.3, 0.4) is 0 Å². The Morgan fingerprint density at radius 3 is 2.67 bits per heavy atom. The van der Waals surface area contributed by atoms with E-state index in [9.17, 15) is 0 Å². The van der Waals surface area contributed by atoms with E-state index in [0.717, 1.165) is 23.5 Å². The average molecular weight is 242 g/mol. The largest absolute Gasteiger partial charge is 0.396 e. The van der Waals surface area contributed by atoms with Gasteiger partial charge in [0, 0.05) is 24.8 Å². The van der Waals surface area contributed by atoms with Gasteiger partial charge in [0.15, 0.2) is 0 Å². The molecule has 0 radical (unpaired) electrons. The Hall–Kier alpha value is -1.74. The van der Waals surface area contributed by atoms with Gasteiger partial charge in [-0.15, -0.1) is 0 Å². The first-order valence-electron chi connectivity index (χ1n) is 6.21. The summed E-state index contributed by atoms with van der Waals surface area (Å²) >= 11 is 0. The molecule has 3 nitrogen and oxygen atoms in total. The maximum atomic E-state index is 8.83. The molecule has 1 aromatic heterocycles. The molecule has 2 rings (SSSR count). The van der Waals surface area contributed by atoms with Gasteiger partial charge in [-0.2, -0.15) is 0 Å². The Kier molecular flexibility index (Phi) is 4.05. The van der Waals surface area contributed by atoms with Crippen molar-refractivity contribution in [1.82, 2.24) is 9.97 Å². The zero-order chi connectivity index (χ0) is 13.0. The number of aryl methyl sites for hydroxylation is 3. The fraction of sp³-hybridized carbons (Fsp3) is 0.333. The Labute approximate surface area is 108 Å². The van der Waals surface area contributed by atoms with E-state index < -0.39 is 0 Å². The number of benzene rings is 1. The number of rotatable bonds is 4. The van der Waals surface area contributed by atoms with Gasteiger partial charge in [0.1, 0.15) is 5.82 Å². The molecular weight excluding hydrogens is 224 g/mol. The smallest absolute Gasteiger partial charge is 0.129 e. The summed E-state index contributed by atoms with van der Waals surface area (Å²) in [5.41, 5.74) is 4.61. The van der Waals surface area contributed by atoms with Crippen LogP contribution >= 0.6 is 0 Å². The van der Waals surface area contributed by atoms with Crippen molar-refractivity contribution >= 4 is 0 Å². The van der Waals surface area contributed by atoms with Gasteiger partial charge in [-0.05, 0) is 43.5 Å². The minimum Gasteiger partial charge on any atom is -0.396 e. The highest BCUT2D eigenvalue weighted by atomic mass is 16.2. The summed E-state index contributed by atoms with van der Waals surface area (Å²) in [6.45, 7) is 4.38. The first-order chi connectivity index (χ1) is 8.70. The third-order valence-corrected chi connectivity index (χ3v) is 3.07. The lowest BCUT2D eigenvalue weighted by Gasteiger charge is -2.06. The normalized spacial score (nSPS) is 10.6. The van der Waals surface area contributed by atoms with Gasteiger partial charge in [-0.1, -0.05) is 12.1 Å². The van der Waals surface area contributed by atoms with Crippen LogP contribution in [0.25, 0.3) is 11.3 Å². The van der Waals surface area contributed by atoms with E-state index in [-0.39, 0.29) is 6.61 Å². The molecule has 0 unspecified atom stereocenters. The standard InChI is InChI=1S/C15H18N2O/c1-11-5-6-13(10-12(11)2)14-7-8-16-15(17-14)4-3-9-18/h5-8,10,18H,3-4,9H2,1-2H3. The topological polar surface area (TPSA) is 46.0 Å². The molecule has 3 heteroatoms. The Morgan fingerprint density at radius 2 is 1.94 bits per heavy atom. The van der Waals surface area contributed by atoms with Crippen molar-refractivity contribution in [2.24, 2.45) is 0 Å². The quantitative estimate of drug-likeness (QED) is 0.896. The number of hydrogen-bond acceptors (Lipinski definition) is 3. The summed E-state index contributed by atoms with van der Waals surface area (Å²) in [6.07, 6.45) is 3.20. The van der Waals surface area contributed by atoms with Crippen molar-refractivity contribution in [3.63, 3.8) is 0 Å². The summed E-state index contributed by atoms with van der Waals surface area (Å²) in [7, 11) is 0. The van der Waals surface area contributed by atoms with Crippen LogP contribution < -0.4 is 0 Å². The second-order valence-electron chi connectivity index (χ2n) is 4.48. The number of aliphatic hydroxyl groups is 1. The van der Waals surface area contributed by atoms with Crippen LogP contribution in [0.15, 0.2) is 30.5 Å². The molecule has 0 aliphatic heterocycles. The first-order valence-corrected chi connectivity index (χ1v) is 6.21. The van der Waals surface area contributed by atoms with Gasteiger partial charge in [0.05, 0.1) is 5.69 Å². The van der Waals surface area contributed by atoms with Crippen molar-refractivity contribution in [1.29, 1.82) is 0 Å². The molecule has 0 aliphatic carbocycles. The molecule has 1 aromatic carbocycles. The lowest BCUT2D eigenvalue weighted by Crippen LogP contribution is -1.98. The van der Waals surface area contributed by atoms with Crippen LogP contribution in [0.5, 0.6) is 0 Å². The van der Waals surface area contributed by atoms with Crippen LogP contribution in [0, 0.1) is 13.8 Å². The molecule has 1 N–H and O–H groups in total. The van der Waals surface area contributed by atoms with E-state index in [1.165, 1.54) is 11.1 Å². The maximum Gasteiger partial charge on any atom is 0.129 e. The van der Waals surface area contributed by atoms with Gasteiger partial charge in [-0.3, -0.25) is 0 Å². The molecule has 94 valence electrons. The summed E-state index contributed by atoms with van der Waals surface area (Å²) in [5.74, 6) is 0.791. The zero-order valence-electron chi connectivity index (χ0n) is 10.8. The highest BCUT2D eigenvalue weighted by molar-refractivity contribution is 5.60. The van der Waals surface area contributed by atoms with Crippen LogP contribution in [-0.4, -0.2) is 21.7 Å². The Bertz CT molecular complexity index is 538. The van der Waals surface area contributed by atoms with E-state index in [2.05, 4.69) is 42.0 Å². The van der Waals surface area contributed by atoms with Gasteiger partial charge in [0.25, 0.3) is 0 Å². The highest BCUT2D eigenvalue weighted by Crippen LogP contribution is 2.20. The molecule has 0 saturated heterocycles. The molecule has 0 amide bonds. The van der Waals surface area contributed by atoms with E-state index in [1.54, 1.807) is 6.20 Å². The molecule has 0 bridgehead atoms. The maximum absolute atomic E-state index is 8.83. The van der Waals surface area contributed by atoms with Crippen LogP contribution in [0.2, 0.25) is 0 Å². The zero-order valence-corrected chi connectivity index (χ0v) is 10.8. The number of hydrogen-bond donors (Lipinski definition) is 1. The molecular formula is C15H18N2O. The summed E-state index contributed by atoms with van der Waals surface area (Å²) in [5, 5.41) is 8.83. The van der Waals surface area contributed by atoms with Crippen LogP contribution in [0.1, 0.15) is 23.4 Å². The summed E-state index contributed by atoms with van der Waals surface area (Å²) < 4.78 is 0. The fourth-order valence-corrected chi connectivity index (χ4v) is 1.82. The summed E-state index contributed by atoms with van der Waals surface area (Å²) in [4.78, 5) is 8.75. The van der Waals surface area contributed by atoms with E-state index >= 15 is 0 Å². The molecule has 0 saturated carbocycles. The minimum atomic E-state index is 0.178. The van der Waals surface area contributed by atoms with Gasteiger partial charge in [0.2, 0.25) is 0 Å². The molecule has 0 fully saturated rings. The van der Waals surface area contributed by atoms with Crippen molar-refractivity contribution < 1.29 is 5.11 Å². The van der Waals surface area contributed by atoms with Crippen LogP contribution in [0.4, 0.5) is 0 Å². The molecule has 0 spiro atoms. The van der Waals surface area contributed by atoms with E-state index in [4.69, 9.17) is 5.11 Å². The lowest BCUT2D eigenvalue weighted by molar-refractivity contribution is 0.287. The molecule has 18 heavy (non-hydrogen) atoms. The van der Waals surface area contributed by atoms with Crippen molar-refractivity contribution in [3.05, 3.63) is 47.4 Å². The van der Waals surface area contributed by atoms with Crippen molar-refractivity contribution in [2.75, 3.05) is 6.61 Å². The minimum absolute atomic E-state index is 0.178. The van der Waals surface area contributed by atoms with Gasteiger partial charge in [-0.25, -0.2) is 9.97 Å². The predicted octanol–water partition coefficient (Wildman–Crippen LogP) is 2.69. The molecule has 0 atom stereocenters. The monoisotopic (exact) mass is 242 g/mol. The first kappa shape index (κ1) is 12.7. The SMILES string of the molecule is Cc1ccc(-c2ccnc(CCCO)n2)cc1C. The summed E-state index contributed by atoms with van der Waals surface area (Å²) in [6, 6.07) is 8.26. The Morgan fingerprint density at radius 1 is 1.11 bits per heavy atom. The van der Waals surface area contributed by atoms with E-state index in [0.29, 0.717) is 6.42 Å². The van der Waals surface area contributed by atoms with E-state index in [1.807, 2.05) is 6.07 Å². The number of aromatic nitrogens is 2. The molecule has 1 heterocycles. The lowest BCUT2D eigenvalue weighted by atomic mass is 10.0. The molecule has 0 aliphatic rings. The second kappa shape index (κ2) is 5.74. The van der Waals surface area contributed by atoms with Gasteiger partial charge < -0.3 is 5.11 Å². The van der Waals surface area contributed by atoms with Crippen LogP contribution in [-0.2, 0) is 6.42 Å². The predicted molar refractivity (Wildman–Crippen MR) is 72.3 cm³/mol. The number of aliphatic hydroxyl groups excluding tert-OH is 1. The highest BCUT2D eigenvalue weighted by Gasteiger charge is 2.03. The average Bonchev–Trinajstić information content (AvgIpc) is 2.40. The Balaban J connectivity index is 2.29. The third kappa shape index (κ3) is 2.93. The van der Waals surface area contributed by atoms with Crippen molar-refractivity contribution in [2.45, 2.75) is 26.7 Å². The van der Waals surface area contributed by atoms with Gasteiger partial charge >= 0.3 is 0 Å². The second-order valence-corrected chi connectivity index (χ2v) is 4.48. The fourth-order valence-electron chi connectivity index (χ4n) is 1.82.